The fourth-order valence-corrected chi connectivity index (χ4v) is 4.26. The summed E-state index contributed by atoms with van der Waals surface area (Å²) < 4.78 is 13.6. The van der Waals surface area contributed by atoms with E-state index in [9.17, 15) is 14.0 Å². The first-order valence-corrected chi connectivity index (χ1v) is 9.48. The van der Waals surface area contributed by atoms with Gasteiger partial charge in [0.2, 0.25) is 11.8 Å². The summed E-state index contributed by atoms with van der Waals surface area (Å²) >= 11 is 0. The minimum absolute atomic E-state index is 0.00240. The van der Waals surface area contributed by atoms with Gasteiger partial charge >= 0.3 is 0 Å². The van der Waals surface area contributed by atoms with Crippen LogP contribution in [0.1, 0.15) is 50.1 Å². The van der Waals surface area contributed by atoms with E-state index in [0.29, 0.717) is 13.1 Å². The Morgan fingerprint density at radius 2 is 1.64 bits per heavy atom. The number of rotatable bonds is 3. The Bertz CT molecular complexity index is 665. The van der Waals surface area contributed by atoms with E-state index < -0.39 is 0 Å². The molecule has 0 spiro atoms. The van der Waals surface area contributed by atoms with Gasteiger partial charge < -0.3 is 9.80 Å². The first kappa shape index (κ1) is 16.6. The molecule has 5 heteroatoms. The number of hydrogen-bond acceptors (Lipinski definition) is 2. The number of piperidine rings is 1. The normalized spacial score (nSPS) is 24.6. The average molecular weight is 344 g/mol. The van der Waals surface area contributed by atoms with E-state index in [1.807, 2.05) is 15.9 Å². The molecule has 0 aromatic heterocycles. The molecule has 4 nitrogen and oxygen atoms in total. The van der Waals surface area contributed by atoms with Gasteiger partial charge in [-0.15, -0.1) is 0 Å². The maximum Gasteiger partial charge on any atom is 0.226 e. The van der Waals surface area contributed by atoms with E-state index in [1.54, 1.807) is 12.1 Å². The van der Waals surface area contributed by atoms with Crippen LogP contribution in [0.25, 0.3) is 0 Å². The first-order valence-electron chi connectivity index (χ1n) is 9.48. The summed E-state index contributed by atoms with van der Waals surface area (Å²) in [5.41, 5.74) is 0.896. The van der Waals surface area contributed by atoms with Crippen molar-refractivity contribution in [3.63, 3.8) is 0 Å². The molecular formula is C20H25FN2O2. The molecule has 0 radical (unpaired) electrons. The van der Waals surface area contributed by atoms with Crippen LogP contribution in [0, 0.1) is 17.7 Å². The summed E-state index contributed by atoms with van der Waals surface area (Å²) in [5, 5.41) is 0. The van der Waals surface area contributed by atoms with Crippen molar-refractivity contribution in [1.82, 2.24) is 9.80 Å². The fourth-order valence-electron chi connectivity index (χ4n) is 4.26. The van der Waals surface area contributed by atoms with E-state index in [2.05, 4.69) is 0 Å². The highest BCUT2D eigenvalue weighted by atomic mass is 19.1. The summed E-state index contributed by atoms with van der Waals surface area (Å²) in [6.07, 6.45) is 5.43. The second kappa shape index (κ2) is 6.77. The van der Waals surface area contributed by atoms with Gasteiger partial charge in [0.25, 0.3) is 0 Å². The largest absolute Gasteiger partial charge is 0.342 e. The molecular weight excluding hydrogens is 319 g/mol. The second-order valence-corrected chi connectivity index (χ2v) is 7.62. The molecule has 4 rings (SSSR count). The molecule has 1 saturated carbocycles. The van der Waals surface area contributed by atoms with Crippen LogP contribution in [-0.4, -0.2) is 41.2 Å². The Morgan fingerprint density at radius 1 is 0.920 bits per heavy atom. The van der Waals surface area contributed by atoms with Gasteiger partial charge in [0, 0.05) is 31.5 Å². The smallest absolute Gasteiger partial charge is 0.226 e. The topological polar surface area (TPSA) is 40.6 Å². The Labute approximate surface area is 148 Å². The molecule has 2 saturated heterocycles. The first-order chi connectivity index (χ1) is 12.1. The zero-order valence-electron chi connectivity index (χ0n) is 14.5. The molecule has 1 atom stereocenters. The Balaban J connectivity index is 1.39. The van der Waals surface area contributed by atoms with E-state index in [-0.39, 0.29) is 35.5 Å². The Hall–Kier alpha value is -1.91. The quantitative estimate of drug-likeness (QED) is 0.845. The van der Waals surface area contributed by atoms with Gasteiger partial charge in [0.05, 0.1) is 6.04 Å². The number of carbonyl (C=O) groups excluding carboxylic acids is 2. The van der Waals surface area contributed by atoms with Gasteiger partial charge in [-0.3, -0.25) is 9.59 Å². The van der Waals surface area contributed by atoms with E-state index >= 15 is 0 Å². The highest BCUT2D eigenvalue weighted by molar-refractivity contribution is 5.82. The van der Waals surface area contributed by atoms with Crippen LogP contribution in [0.2, 0.25) is 0 Å². The summed E-state index contributed by atoms with van der Waals surface area (Å²) in [6, 6.07) is 6.61. The fraction of sp³-hybridized carbons (Fsp3) is 0.600. The molecule has 3 fully saturated rings. The van der Waals surface area contributed by atoms with Crippen molar-refractivity contribution in [2.75, 3.05) is 19.6 Å². The lowest BCUT2D eigenvalue weighted by atomic mass is 9.94. The van der Waals surface area contributed by atoms with E-state index in [4.69, 9.17) is 0 Å². The molecule has 1 aromatic carbocycles. The highest BCUT2D eigenvalue weighted by Crippen LogP contribution is 2.36. The van der Waals surface area contributed by atoms with Gasteiger partial charge in [-0.1, -0.05) is 12.1 Å². The summed E-state index contributed by atoms with van der Waals surface area (Å²) in [5.74, 6) is 0.472. The number of hydrogen-bond donors (Lipinski definition) is 0. The third-order valence-electron chi connectivity index (χ3n) is 5.85. The van der Waals surface area contributed by atoms with Crippen LogP contribution in [0.4, 0.5) is 4.39 Å². The van der Waals surface area contributed by atoms with Crippen molar-refractivity contribution < 1.29 is 14.0 Å². The maximum absolute atomic E-state index is 13.6. The van der Waals surface area contributed by atoms with Crippen molar-refractivity contribution in [1.29, 1.82) is 0 Å². The monoisotopic (exact) mass is 344 g/mol. The van der Waals surface area contributed by atoms with Crippen molar-refractivity contribution in [3.8, 4) is 0 Å². The van der Waals surface area contributed by atoms with Crippen molar-refractivity contribution in [2.24, 2.45) is 11.8 Å². The maximum atomic E-state index is 13.6. The lowest BCUT2D eigenvalue weighted by Gasteiger charge is -2.35. The van der Waals surface area contributed by atoms with Crippen molar-refractivity contribution in [2.45, 2.75) is 44.6 Å². The summed E-state index contributed by atoms with van der Waals surface area (Å²) in [4.78, 5) is 29.1. The summed E-state index contributed by atoms with van der Waals surface area (Å²) in [6.45, 7) is 2.15. The molecule has 2 aliphatic heterocycles. The SMILES string of the molecule is O=C(C1CC1)N1CCC(C(=O)N2CCCC2c2cccc(F)c2)CC1. The number of nitrogens with zero attached hydrogens (tertiary/aromatic N) is 2. The van der Waals surface area contributed by atoms with E-state index in [1.165, 1.54) is 6.07 Å². The second-order valence-electron chi connectivity index (χ2n) is 7.62. The highest BCUT2D eigenvalue weighted by Gasteiger charge is 2.38. The van der Waals surface area contributed by atoms with Gasteiger partial charge in [0.15, 0.2) is 0 Å². The minimum Gasteiger partial charge on any atom is -0.342 e. The predicted molar refractivity (Wildman–Crippen MR) is 92.1 cm³/mol. The Kier molecular flexibility index (Phi) is 4.48. The van der Waals surface area contributed by atoms with Crippen LogP contribution in [-0.2, 0) is 9.59 Å². The molecule has 0 N–H and O–H groups in total. The number of likely N-dealkylation sites (tertiary alicyclic amines) is 2. The van der Waals surface area contributed by atoms with Crippen LogP contribution in [0.5, 0.6) is 0 Å². The number of carbonyl (C=O) groups is 2. The molecule has 1 aromatic rings. The van der Waals surface area contributed by atoms with Crippen molar-refractivity contribution in [3.05, 3.63) is 35.6 Å². The minimum atomic E-state index is -0.247. The molecule has 2 amide bonds. The molecule has 1 aliphatic carbocycles. The van der Waals surface area contributed by atoms with Crippen LogP contribution in [0.15, 0.2) is 24.3 Å². The number of halogens is 1. The third kappa shape index (κ3) is 3.42. The lowest BCUT2D eigenvalue weighted by Crippen LogP contribution is -2.44. The molecule has 0 bridgehead atoms. The molecule has 2 heterocycles. The summed E-state index contributed by atoms with van der Waals surface area (Å²) in [7, 11) is 0. The standard InChI is InChI=1S/C20H25FN2O2/c21-17-4-1-3-16(13-17)18-5-2-10-23(18)20(25)15-8-11-22(12-9-15)19(24)14-6-7-14/h1,3-4,13-15,18H,2,5-12H2. The van der Waals surface area contributed by atoms with Crippen molar-refractivity contribution >= 4 is 11.8 Å². The average Bonchev–Trinajstić information content (AvgIpc) is 3.37. The third-order valence-corrected chi connectivity index (χ3v) is 5.85. The van der Waals surface area contributed by atoms with Crippen LogP contribution >= 0.6 is 0 Å². The predicted octanol–water partition coefficient (Wildman–Crippen LogP) is 3.14. The molecule has 134 valence electrons. The van der Waals surface area contributed by atoms with E-state index in [0.717, 1.165) is 50.6 Å². The van der Waals surface area contributed by atoms with Gasteiger partial charge in [0.1, 0.15) is 5.82 Å². The Morgan fingerprint density at radius 3 is 2.32 bits per heavy atom. The van der Waals surface area contributed by atoms with Crippen LogP contribution in [0.3, 0.4) is 0 Å². The van der Waals surface area contributed by atoms with Crippen LogP contribution < -0.4 is 0 Å². The zero-order valence-corrected chi connectivity index (χ0v) is 14.5. The zero-order chi connectivity index (χ0) is 17.4. The molecule has 25 heavy (non-hydrogen) atoms. The lowest BCUT2D eigenvalue weighted by molar-refractivity contribution is -0.142. The van der Waals surface area contributed by atoms with Gasteiger partial charge in [-0.05, 0) is 56.2 Å². The molecule has 1 unspecified atom stereocenters. The van der Waals surface area contributed by atoms with Gasteiger partial charge in [-0.25, -0.2) is 4.39 Å². The van der Waals surface area contributed by atoms with Gasteiger partial charge in [-0.2, -0.15) is 0 Å². The number of benzene rings is 1. The number of amides is 2. The molecule has 3 aliphatic rings.